The van der Waals surface area contributed by atoms with Crippen LogP contribution in [0.5, 0.6) is 0 Å². The maximum atomic E-state index is 12.1. The van der Waals surface area contributed by atoms with E-state index in [-0.39, 0.29) is 29.9 Å². The fraction of sp³-hybridized carbons (Fsp3) is 0.529. The zero-order valence-corrected chi connectivity index (χ0v) is 18.2. The summed E-state index contributed by atoms with van der Waals surface area (Å²) in [6.07, 6.45) is 2.81. The molecule has 134 valence electrons. The molecule has 2 rings (SSSR count). The van der Waals surface area contributed by atoms with Gasteiger partial charge in [0.05, 0.1) is 6.54 Å². The zero-order chi connectivity index (χ0) is 16.7. The van der Waals surface area contributed by atoms with Crippen LogP contribution in [-0.2, 0) is 4.79 Å². The summed E-state index contributed by atoms with van der Waals surface area (Å²) in [6, 6.07) is 5.87. The molecule has 2 N–H and O–H groups in total. The molecule has 0 unspecified atom stereocenters. The predicted molar refractivity (Wildman–Crippen MR) is 114 cm³/mol. The van der Waals surface area contributed by atoms with E-state index in [1.54, 1.807) is 0 Å². The van der Waals surface area contributed by atoms with Crippen molar-refractivity contribution in [3.8, 4) is 0 Å². The van der Waals surface area contributed by atoms with E-state index in [1.165, 1.54) is 12.8 Å². The first kappa shape index (κ1) is 21.2. The average Bonchev–Trinajstić information content (AvgIpc) is 3.04. The Morgan fingerprint density at radius 2 is 2.04 bits per heavy atom. The number of carbonyl (C=O) groups excluding carboxylic acids is 1. The Balaban J connectivity index is 0.00000288. The third kappa shape index (κ3) is 6.58. The van der Waals surface area contributed by atoms with E-state index in [9.17, 15) is 4.79 Å². The molecule has 0 spiro atoms. The molecule has 5 nitrogen and oxygen atoms in total. The van der Waals surface area contributed by atoms with Gasteiger partial charge < -0.3 is 15.5 Å². The number of aliphatic imine (C=N–C) groups is 1. The number of hydrogen-bond donors (Lipinski definition) is 2. The molecule has 7 heteroatoms. The Bertz CT molecular complexity index is 574. The third-order valence-corrected chi connectivity index (χ3v) is 4.31. The largest absolute Gasteiger partial charge is 0.357 e. The van der Waals surface area contributed by atoms with Crippen molar-refractivity contribution in [1.82, 2.24) is 10.2 Å². The summed E-state index contributed by atoms with van der Waals surface area (Å²) < 4.78 is 0.958. The minimum atomic E-state index is -0.00720. The highest BCUT2D eigenvalue weighted by Gasteiger charge is 2.15. The van der Waals surface area contributed by atoms with Gasteiger partial charge in [-0.15, -0.1) is 24.0 Å². The quantitative estimate of drug-likeness (QED) is 0.361. The molecule has 1 heterocycles. The lowest BCUT2D eigenvalue weighted by Gasteiger charge is -2.20. The van der Waals surface area contributed by atoms with E-state index < -0.39 is 0 Å². The van der Waals surface area contributed by atoms with Crippen molar-refractivity contribution < 1.29 is 4.79 Å². The van der Waals surface area contributed by atoms with Gasteiger partial charge in [-0.3, -0.25) is 9.79 Å². The summed E-state index contributed by atoms with van der Waals surface area (Å²) in [5.74, 6) is 0.920. The monoisotopic (exact) mass is 508 g/mol. The number of aryl methyl sites for hydroxylation is 1. The summed E-state index contributed by atoms with van der Waals surface area (Å²) >= 11 is 3.43. The molecule has 0 aromatic heterocycles. The van der Waals surface area contributed by atoms with E-state index in [2.05, 4.69) is 43.4 Å². The number of nitrogens with zero attached hydrogens (tertiary/aromatic N) is 2. The van der Waals surface area contributed by atoms with Gasteiger partial charge in [0.15, 0.2) is 5.96 Å². The van der Waals surface area contributed by atoms with Gasteiger partial charge in [0.25, 0.3) is 0 Å². The summed E-state index contributed by atoms with van der Waals surface area (Å²) in [6.45, 7) is 7.49. The van der Waals surface area contributed by atoms with Crippen molar-refractivity contribution in [2.75, 3.05) is 31.5 Å². The molecule has 1 aromatic carbocycles. The molecule has 1 aromatic rings. The predicted octanol–water partition coefficient (Wildman–Crippen LogP) is 3.77. The molecule has 1 saturated heterocycles. The fourth-order valence-corrected chi connectivity index (χ4v) is 2.92. The average molecular weight is 509 g/mol. The lowest BCUT2D eigenvalue weighted by molar-refractivity contribution is -0.116. The maximum absolute atomic E-state index is 12.1. The number of amides is 1. The Hall–Kier alpha value is -0.830. The fourth-order valence-electron chi connectivity index (χ4n) is 2.56. The first-order valence-electron chi connectivity index (χ1n) is 8.19. The lowest BCUT2D eigenvalue weighted by atomic mass is 10.2. The Kier molecular flexibility index (Phi) is 9.65. The second-order valence-corrected chi connectivity index (χ2v) is 6.60. The van der Waals surface area contributed by atoms with Crippen LogP contribution in [-0.4, -0.2) is 42.9 Å². The van der Waals surface area contributed by atoms with Crippen LogP contribution < -0.4 is 10.6 Å². The first-order chi connectivity index (χ1) is 11.1. The topological polar surface area (TPSA) is 56.7 Å². The Morgan fingerprint density at radius 1 is 1.33 bits per heavy atom. The van der Waals surface area contributed by atoms with Crippen LogP contribution in [0.25, 0.3) is 0 Å². The second kappa shape index (κ2) is 10.9. The van der Waals surface area contributed by atoms with Crippen molar-refractivity contribution >= 4 is 57.5 Å². The number of likely N-dealkylation sites (tertiary alicyclic amines) is 1. The molecule has 1 amide bonds. The number of carbonyl (C=O) groups is 1. The number of halogens is 2. The van der Waals surface area contributed by atoms with Gasteiger partial charge in [0.2, 0.25) is 5.91 Å². The van der Waals surface area contributed by atoms with Crippen LogP contribution in [0.4, 0.5) is 5.69 Å². The molecule has 1 aliphatic heterocycles. The second-order valence-electron chi connectivity index (χ2n) is 5.69. The summed E-state index contributed by atoms with van der Waals surface area (Å²) in [7, 11) is 0. The Labute approximate surface area is 169 Å². The minimum Gasteiger partial charge on any atom is -0.357 e. The highest BCUT2D eigenvalue weighted by atomic mass is 127. The molecule has 0 bridgehead atoms. The van der Waals surface area contributed by atoms with Crippen LogP contribution in [0.2, 0.25) is 0 Å². The van der Waals surface area contributed by atoms with Crippen LogP contribution in [0.1, 0.15) is 31.7 Å². The summed E-state index contributed by atoms with van der Waals surface area (Å²) in [4.78, 5) is 18.9. The number of benzene rings is 1. The van der Waals surface area contributed by atoms with Crippen molar-refractivity contribution in [3.05, 3.63) is 28.2 Å². The molecular formula is C17H26BrIN4O. The van der Waals surface area contributed by atoms with Crippen LogP contribution >= 0.6 is 39.9 Å². The minimum absolute atomic E-state index is 0. The molecule has 24 heavy (non-hydrogen) atoms. The van der Waals surface area contributed by atoms with Gasteiger partial charge in [0.1, 0.15) is 0 Å². The van der Waals surface area contributed by atoms with E-state index in [4.69, 9.17) is 0 Å². The third-order valence-electron chi connectivity index (χ3n) is 3.81. The molecule has 1 fully saturated rings. The normalized spacial score (nSPS) is 14.3. The lowest BCUT2D eigenvalue weighted by Crippen LogP contribution is -2.39. The SMILES string of the molecule is CCNC(=NCCC(=O)Nc1cc(Br)ccc1C)N1CCCC1.I. The number of hydrogen-bond acceptors (Lipinski definition) is 2. The van der Waals surface area contributed by atoms with E-state index >= 15 is 0 Å². The number of guanidine groups is 1. The highest BCUT2D eigenvalue weighted by molar-refractivity contribution is 14.0. The molecule has 1 aliphatic rings. The van der Waals surface area contributed by atoms with Gasteiger partial charge in [0, 0.05) is 36.2 Å². The smallest absolute Gasteiger partial charge is 0.226 e. The zero-order valence-electron chi connectivity index (χ0n) is 14.3. The molecule has 0 atom stereocenters. The van der Waals surface area contributed by atoms with Gasteiger partial charge in [-0.2, -0.15) is 0 Å². The van der Waals surface area contributed by atoms with E-state index in [0.29, 0.717) is 13.0 Å². The molecular weight excluding hydrogens is 483 g/mol. The van der Waals surface area contributed by atoms with Gasteiger partial charge in [-0.05, 0) is 44.4 Å². The number of rotatable bonds is 5. The number of nitrogens with one attached hydrogen (secondary N) is 2. The highest BCUT2D eigenvalue weighted by Crippen LogP contribution is 2.20. The van der Waals surface area contributed by atoms with Crippen LogP contribution in [0.15, 0.2) is 27.7 Å². The van der Waals surface area contributed by atoms with Gasteiger partial charge in [-0.25, -0.2) is 0 Å². The van der Waals surface area contributed by atoms with E-state index in [1.807, 2.05) is 25.1 Å². The molecule has 0 saturated carbocycles. The van der Waals surface area contributed by atoms with Gasteiger partial charge >= 0.3 is 0 Å². The van der Waals surface area contributed by atoms with Gasteiger partial charge in [-0.1, -0.05) is 22.0 Å². The summed E-state index contributed by atoms with van der Waals surface area (Å²) in [5, 5.41) is 6.26. The molecule has 0 aliphatic carbocycles. The molecule has 0 radical (unpaired) electrons. The standard InChI is InChI=1S/C17H25BrN4O.HI/c1-3-19-17(22-10-4-5-11-22)20-9-8-16(23)21-15-12-14(18)7-6-13(15)2;/h6-7,12H,3-5,8-11H2,1-2H3,(H,19,20)(H,21,23);1H. The van der Waals surface area contributed by atoms with Crippen molar-refractivity contribution in [1.29, 1.82) is 0 Å². The van der Waals surface area contributed by atoms with Crippen molar-refractivity contribution in [2.45, 2.75) is 33.1 Å². The number of anilines is 1. The van der Waals surface area contributed by atoms with Crippen LogP contribution in [0.3, 0.4) is 0 Å². The first-order valence-corrected chi connectivity index (χ1v) is 8.98. The van der Waals surface area contributed by atoms with E-state index in [0.717, 1.165) is 41.3 Å². The Morgan fingerprint density at radius 3 is 2.71 bits per heavy atom. The van der Waals surface area contributed by atoms with Crippen molar-refractivity contribution in [3.63, 3.8) is 0 Å². The maximum Gasteiger partial charge on any atom is 0.226 e. The van der Waals surface area contributed by atoms with Crippen LogP contribution in [0, 0.1) is 6.92 Å². The summed E-state index contributed by atoms with van der Waals surface area (Å²) in [5.41, 5.74) is 1.90. The van der Waals surface area contributed by atoms with Crippen molar-refractivity contribution in [2.24, 2.45) is 4.99 Å².